The fourth-order valence-electron chi connectivity index (χ4n) is 4.25. The van der Waals surface area contributed by atoms with E-state index in [1.807, 2.05) is 42.5 Å². The van der Waals surface area contributed by atoms with Gasteiger partial charge in [0.1, 0.15) is 6.04 Å². The van der Waals surface area contributed by atoms with Crippen molar-refractivity contribution in [2.45, 2.75) is 18.5 Å². The molecule has 3 aromatic rings. The van der Waals surface area contributed by atoms with Crippen LogP contribution in [0, 0.1) is 0 Å². The number of amides is 1. The zero-order valence-electron chi connectivity index (χ0n) is 13.7. The summed E-state index contributed by atoms with van der Waals surface area (Å²) in [6, 6.07) is 14.7. The molecule has 5 nitrogen and oxygen atoms in total. The molecule has 1 aromatic heterocycles. The number of carbonyl (C=O) groups is 2. The number of aromatic nitrogens is 1. The SMILES string of the molecule is COC(=O)[C@H]1Cc2c([nH]c3ccccc23)[C@@H]2c3ccccc3C(=O)N21. The summed E-state index contributed by atoms with van der Waals surface area (Å²) < 4.78 is 5.01. The number of carbonyl (C=O) groups excluding carboxylic acids is 2. The number of ether oxygens (including phenoxy) is 1. The van der Waals surface area contributed by atoms with Crippen molar-refractivity contribution in [3.63, 3.8) is 0 Å². The largest absolute Gasteiger partial charge is 0.467 e. The highest BCUT2D eigenvalue weighted by Gasteiger charge is 2.49. The van der Waals surface area contributed by atoms with E-state index in [1.54, 1.807) is 4.90 Å². The molecule has 1 amide bonds. The van der Waals surface area contributed by atoms with E-state index in [2.05, 4.69) is 11.1 Å². The number of nitrogens with zero attached hydrogens (tertiary/aromatic N) is 1. The first-order chi connectivity index (χ1) is 12.2. The minimum atomic E-state index is -0.610. The van der Waals surface area contributed by atoms with Crippen molar-refractivity contribution in [1.29, 1.82) is 0 Å². The number of hydrogen-bond acceptors (Lipinski definition) is 3. The number of esters is 1. The molecule has 2 aliphatic heterocycles. The third-order valence-electron chi connectivity index (χ3n) is 5.33. The topological polar surface area (TPSA) is 62.4 Å². The summed E-state index contributed by atoms with van der Waals surface area (Å²) in [4.78, 5) is 30.6. The molecule has 0 aliphatic carbocycles. The summed E-state index contributed by atoms with van der Waals surface area (Å²) in [5, 5.41) is 1.10. The van der Waals surface area contributed by atoms with Crippen LogP contribution in [0.2, 0.25) is 0 Å². The summed E-state index contributed by atoms with van der Waals surface area (Å²) in [6.07, 6.45) is 0.461. The Bertz CT molecular complexity index is 1040. The molecule has 5 rings (SSSR count). The lowest BCUT2D eigenvalue weighted by atomic mass is 9.90. The van der Waals surface area contributed by atoms with Crippen LogP contribution in [0.5, 0.6) is 0 Å². The molecule has 124 valence electrons. The van der Waals surface area contributed by atoms with Crippen molar-refractivity contribution in [1.82, 2.24) is 9.88 Å². The van der Waals surface area contributed by atoms with Crippen LogP contribution in [-0.2, 0) is 16.0 Å². The standard InChI is InChI=1S/C20H16N2O3/c1-25-20(24)16-10-14-11-6-4-5-9-15(11)21-17(14)18-12-7-2-3-8-13(12)19(23)22(16)18/h2-9,16,18,21H,10H2,1H3/t16-,18+/m1/s1. The molecular weight excluding hydrogens is 316 g/mol. The smallest absolute Gasteiger partial charge is 0.328 e. The van der Waals surface area contributed by atoms with E-state index in [1.165, 1.54) is 7.11 Å². The molecule has 0 bridgehead atoms. The maximum Gasteiger partial charge on any atom is 0.328 e. The van der Waals surface area contributed by atoms with E-state index in [4.69, 9.17) is 4.74 Å². The minimum Gasteiger partial charge on any atom is -0.467 e. The zero-order valence-corrected chi connectivity index (χ0v) is 13.7. The van der Waals surface area contributed by atoms with Gasteiger partial charge in [0.2, 0.25) is 0 Å². The number of para-hydroxylation sites is 1. The number of hydrogen-bond donors (Lipinski definition) is 1. The number of rotatable bonds is 1. The van der Waals surface area contributed by atoms with Crippen LogP contribution in [0.1, 0.15) is 33.2 Å². The average molecular weight is 332 g/mol. The fourth-order valence-corrected chi connectivity index (χ4v) is 4.25. The number of methoxy groups -OCH3 is 1. The second kappa shape index (κ2) is 4.96. The summed E-state index contributed by atoms with van der Waals surface area (Å²) in [7, 11) is 1.37. The van der Waals surface area contributed by atoms with Gasteiger partial charge in [-0.15, -0.1) is 0 Å². The number of aromatic amines is 1. The Kier molecular flexibility index (Phi) is 2.83. The molecule has 2 aliphatic rings. The van der Waals surface area contributed by atoms with Crippen LogP contribution in [0.15, 0.2) is 48.5 Å². The third kappa shape index (κ3) is 1.78. The van der Waals surface area contributed by atoms with E-state index < -0.39 is 6.04 Å². The highest BCUT2D eigenvalue weighted by atomic mass is 16.5. The van der Waals surface area contributed by atoms with Gasteiger partial charge in [-0.2, -0.15) is 0 Å². The van der Waals surface area contributed by atoms with E-state index in [9.17, 15) is 9.59 Å². The highest BCUT2D eigenvalue weighted by Crippen LogP contribution is 2.46. The highest BCUT2D eigenvalue weighted by molar-refractivity contribution is 6.03. The van der Waals surface area contributed by atoms with Crippen LogP contribution in [0.4, 0.5) is 0 Å². The molecule has 0 unspecified atom stereocenters. The summed E-state index contributed by atoms with van der Waals surface area (Å²) in [5.74, 6) is -0.484. The molecule has 2 aromatic carbocycles. The van der Waals surface area contributed by atoms with E-state index in [0.29, 0.717) is 12.0 Å². The lowest BCUT2D eigenvalue weighted by molar-refractivity contribution is -0.146. The lowest BCUT2D eigenvalue weighted by Crippen LogP contribution is -2.48. The Morgan fingerprint density at radius 3 is 2.76 bits per heavy atom. The number of fused-ring (bicyclic) bond motifs is 7. The van der Waals surface area contributed by atoms with Crippen LogP contribution in [0.3, 0.4) is 0 Å². The van der Waals surface area contributed by atoms with Crippen molar-refractivity contribution in [2.24, 2.45) is 0 Å². The fraction of sp³-hybridized carbons (Fsp3) is 0.200. The van der Waals surface area contributed by atoms with Gasteiger partial charge < -0.3 is 14.6 Å². The Morgan fingerprint density at radius 2 is 1.92 bits per heavy atom. The van der Waals surface area contributed by atoms with Gasteiger partial charge in [-0.3, -0.25) is 4.79 Å². The summed E-state index contributed by atoms with van der Waals surface area (Å²) >= 11 is 0. The summed E-state index contributed by atoms with van der Waals surface area (Å²) in [5.41, 5.74) is 4.72. The Balaban J connectivity index is 1.80. The molecule has 1 N–H and O–H groups in total. The predicted molar refractivity (Wildman–Crippen MR) is 92.3 cm³/mol. The monoisotopic (exact) mass is 332 g/mol. The number of nitrogens with one attached hydrogen (secondary N) is 1. The number of H-pyrrole nitrogens is 1. The molecule has 0 radical (unpaired) electrons. The van der Waals surface area contributed by atoms with Gasteiger partial charge >= 0.3 is 5.97 Å². The molecule has 0 spiro atoms. The maximum atomic E-state index is 13.0. The van der Waals surface area contributed by atoms with Crippen LogP contribution in [0.25, 0.3) is 10.9 Å². The molecule has 0 saturated carbocycles. The minimum absolute atomic E-state index is 0.111. The normalized spacial score (nSPS) is 21.0. The van der Waals surface area contributed by atoms with Crippen LogP contribution < -0.4 is 0 Å². The Hall–Kier alpha value is -3.08. The van der Waals surface area contributed by atoms with Crippen molar-refractivity contribution >= 4 is 22.8 Å². The van der Waals surface area contributed by atoms with Crippen molar-refractivity contribution in [3.8, 4) is 0 Å². The van der Waals surface area contributed by atoms with Gasteiger partial charge in [-0.25, -0.2) is 4.79 Å². The quantitative estimate of drug-likeness (QED) is 0.697. The third-order valence-corrected chi connectivity index (χ3v) is 5.33. The molecule has 2 atom stereocenters. The first-order valence-electron chi connectivity index (χ1n) is 8.29. The number of benzene rings is 2. The predicted octanol–water partition coefficient (Wildman–Crippen LogP) is 2.81. The first kappa shape index (κ1) is 14.3. The van der Waals surface area contributed by atoms with Crippen LogP contribution >= 0.6 is 0 Å². The zero-order chi connectivity index (χ0) is 17.1. The van der Waals surface area contributed by atoms with Gasteiger partial charge in [0.25, 0.3) is 5.91 Å². The summed E-state index contributed by atoms with van der Waals surface area (Å²) in [6.45, 7) is 0. The molecule has 0 saturated heterocycles. The Morgan fingerprint density at radius 1 is 1.16 bits per heavy atom. The second-order valence-electron chi connectivity index (χ2n) is 6.51. The van der Waals surface area contributed by atoms with Crippen molar-refractivity contribution < 1.29 is 14.3 Å². The second-order valence-corrected chi connectivity index (χ2v) is 6.51. The van der Waals surface area contributed by atoms with E-state index in [0.717, 1.165) is 27.7 Å². The first-order valence-corrected chi connectivity index (χ1v) is 8.29. The van der Waals surface area contributed by atoms with Gasteiger partial charge in [-0.05, 0) is 23.3 Å². The van der Waals surface area contributed by atoms with Gasteiger partial charge in [0.15, 0.2) is 0 Å². The average Bonchev–Trinajstić information content (AvgIpc) is 3.17. The van der Waals surface area contributed by atoms with Gasteiger partial charge in [0.05, 0.1) is 13.2 Å². The maximum absolute atomic E-state index is 13.0. The molecule has 3 heterocycles. The Labute approximate surface area is 144 Å². The van der Waals surface area contributed by atoms with Gasteiger partial charge in [-0.1, -0.05) is 36.4 Å². The van der Waals surface area contributed by atoms with E-state index in [-0.39, 0.29) is 17.9 Å². The van der Waals surface area contributed by atoms with Gasteiger partial charge in [0, 0.05) is 28.6 Å². The van der Waals surface area contributed by atoms with Crippen LogP contribution in [-0.4, -0.2) is 34.9 Å². The lowest BCUT2D eigenvalue weighted by Gasteiger charge is -2.36. The molecule has 0 fully saturated rings. The van der Waals surface area contributed by atoms with E-state index >= 15 is 0 Å². The molecule has 25 heavy (non-hydrogen) atoms. The molecule has 5 heteroatoms. The molecular formula is C20H16N2O3. The van der Waals surface area contributed by atoms with Crippen molar-refractivity contribution in [3.05, 3.63) is 70.9 Å². The van der Waals surface area contributed by atoms with Crippen molar-refractivity contribution in [2.75, 3.05) is 7.11 Å².